The zero-order valence-corrected chi connectivity index (χ0v) is 18.7. The summed E-state index contributed by atoms with van der Waals surface area (Å²) in [7, 11) is -0.829. The van der Waals surface area contributed by atoms with E-state index >= 15 is 0 Å². The molecule has 0 radical (unpaired) electrons. The first-order valence-corrected chi connectivity index (χ1v) is 11.0. The van der Waals surface area contributed by atoms with Crippen molar-refractivity contribution in [2.24, 2.45) is 0 Å². The van der Waals surface area contributed by atoms with Gasteiger partial charge in [0.15, 0.2) is 11.5 Å². The zero-order valence-electron chi connectivity index (χ0n) is 17.9. The van der Waals surface area contributed by atoms with E-state index in [1.807, 2.05) is 13.0 Å². The van der Waals surface area contributed by atoms with E-state index in [2.05, 4.69) is 5.32 Å². The van der Waals surface area contributed by atoms with Crippen LogP contribution in [0.15, 0.2) is 41.3 Å². The molecule has 9 heteroatoms. The Morgan fingerprint density at radius 1 is 1.00 bits per heavy atom. The van der Waals surface area contributed by atoms with E-state index < -0.39 is 10.0 Å². The fourth-order valence-electron chi connectivity index (χ4n) is 2.94. The van der Waals surface area contributed by atoms with E-state index in [9.17, 15) is 13.2 Å². The van der Waals surface area contributed by atoms with E-state index in [1.165, 1.54) is 43.6 Å². The highest BCUT2D eigenvalue weighted by Gasteiger charge is 2.25. The smallest absolute Gasteiger partial charge is 0.243 e. The molecule has 2 aromatic carbocycles. The van der Waals surface area contributed by atoms with E-state index in [1.54, 1.807) is 19.1 Å². The second-order valence-electron chi connectivity index (χ2n) is 6.39. The number of amides is 1. The molecule has 0 spiro atoms. The highest BCUT2D eigenvalue weighted by molar-refractivity contribution is 7.89. The molecule has 0 saturated heterocycles. The average molecular weight is 437 g/mol. The van der Waals surface area contributed by atoms with Crippen LogP contribution in [0.3, 0.4) is 0 Å². The van der Waals surface area contributed by atoms with Crippen LogP contribution in [0.25, 0.3) is 0 Å². The van der Waals surface area contributed by atoms with E-state index in [4.69, 9.17) is 14.2 Å². The Hall–Kier alpha value is -2.78. The Morgan fingerprint density at radius 3 is 2.23 bits per heavy atom. The number of methoxy groups -OCH3 is 2. The molecule has 2 aromatic rings. The lowest BCUT2D eigenvalue weighted by Crippen LogP contribution is -2.30. The van der Waals surface area contributed by atoms with Gasteiger partial charge in [0.05, 0.1) is 31.4 Å². The van der Waals surface area contributed by atoms with Crippen molar-refractivity contribution >= 4 is 21.6 Å². The quantitative estimate of drug-likeness (QED) is 0.614. The van der Waals surface area contributed by atoms with Crippen molar-refractivity contribution in [2.45, 2.75) is 32.2 Å². The normalized spacial score (nSPS) is 11.3. The van der Waals surface area contributed by atoms with Gasteiger partial charge in [-0.15, -0.1) is 0 Å². The summed E-state index contributed by atoms with van der Waals surface area (Å²) in [6.07, 6.45) is 0. The third-order valence-corrected chi connectivity index (χ3v) is 6.28. The molecular weight excluding hydrogens is 408 g/mol. The number of benzene rings is 2. The molecule has 0 aliphatic carbocycles. The molecule has 0 fully saturated rings. The number of carbonyl (C=O) groups excluding carboxylic acids is 1. The van der Waals surface area contributed by atoms with Gasteiger partial charge < -0.3 is 19.5 Å². The first-order chi connectivity index (χ1) is 14.3. The summed E-state index contributed by atoms with van der Waals surface area (Å²) in [4.78, 5) is 11.5. The van der Waals surface area contributed by atoms with E-state index in [0.717, 1.165) is 5.56 Å². The predicted molar refractivity (Wildman–Crippen MR) is 115 cm³/mol. The van der Waals surface area contributed by atoms with Gasteiger partial charge in [0.25, 0.3) is 0 Å². The molecular formula is C21H28N2O6S. The Morgan fingerprint density at radius 2 is 1.67 bits per heavy atom. The van der Waals surface area contributed by atoms with Crippen molar-refractivity contribution < 1.29 is 27.4 Å². The zero-order chi connectivity index (χ0) is 22.3. The lowest BCUT2D eigenvalue weighted by Gasteiger charge is -2.22. The first-order valence-electron chi connectivity index (χ1n) is 9.52. The Balaban J connectivity index is 2.37. The minimum atomic E-state index is -3.82. The van der Waals surface area contributed by atoms with Crippen molar-refractivity contribution in [2.75, 3.05) is 32.7 Å². The van der Waals surface area contributed by atoms with Gasteiger partial charge in [0.2, 0.25) is 15.9 Å². The highest BCUT2D eigenvalue weighted by atomic mass is 32.2. The molecule has 0 aliphatic rings. The minimum absolute atomic E-state index is 0.0619. The maximum atomic E-state index is 13.2. The van der Waals surface area contributed by atoms with Gasteiger partial charge in [0.1, 0.15) is 5.75 Å². The Bertz CT molecular complexity index is 991. The summed E-state index contributed by atoms with van der Waals surface area (Å²) in [6.45, 7) is 5.91. The summed E-state index contributed by atoms with van der Waals surface area (Å²) >= 11 is 0. The number of carbonyl (C=O) groups is 1. The van der Waals surface area contributed by atoms with Crippen molar-refractivity contribution in [3.63, 3.8) is 0 Å². The van der Waals surface area contributed by atoms with Crippen LogP contribution in [0.4, 0.5) is 5.69 Å². The topological polar surface area (TPSA) is 94.2 Å². The molecule has 0 saturated carbocycles. The highest BCUT2D eigenvalue weighted by Crippen LogP contribution is 2.31. The van der Waals surface area contributed by atoms with Crippen molar-refractivity contribution in [1.29, 1.82) is 0 Å². The van der Waals surface area contributed by atoms with Crippen LogP contribution in [0.1, 0.15) is 26.3 Å². The molecule has 30 heavy (non-hydrogen) atoms. The van der Waals surface area contributed by atoms with Gasteiger partial charge in [-0.05, 0) is 42.8 Å². The lowest BCUT2D eigenvalue weighted by molar-refractivity contribution is -0.114. The third kappa shape index (κ3) is 5.43. The third-order valence-electron chi connectivity index (χ3n) is 4.36. The van der Waals surface area contributed by atoms with Gasteiger partial charge in [-0.25, -0.2) is 8.42 Å². The molecule has 1 N–H and O–H groups in total. The number of hydrogen-bond donors (Lipinski definition) is 1. The largest absolute Gasteiger partial charge is 0.495 e. The maximum absolute atomic E-state index is 13.2. The number of nitrogens with zero attached hydrogens (tertiary/aromatic N) is 1. The number of sulfonamides is 1. The van der Waals surface area contributed by atoms with Crippen LogP contribution >= 0.6 is 0 Å². The summed E-state index contributed by atoms with van der Waals surface area (Å²) in [5, 5.41) is 2.60. The lowest BCUT2D eigenvalue weighted by atomic mass is 10.2. The summed E-state index contributed by atoms with van der Waals surface area (Å²) in [6, 6.07) is 9.71. The molecule has 2 rings (SSSR count). The first kappa shape index (κ1) is 23.5. The number of rotatable bonds is 10. The summed E-state index contributed by atoms with van der Waals surface area (Å²) in [5.41, 5.74) is 1.06. The molecule has 164 valence electrons. The van der Waals surface area contributed by atoms with Gasteiger partial charge in [0, 0.05) is 20.0 Å². The van der Waals surface area contributed by atoms with Crippen LogP contribution in [-0.2, 0) is 21.4 Å². The Labute approximate surface area is 177 Å². The SMILES string of the molecule is CCOc1ccc(CN(CC)S(=O)(=O)c2ccc(OC)c(NC(C)=O)c2)cc1OC. The average Bonchev–Trinajstić information content (AvgIpc) is 2.72. The second-order valence-corrected chi connectivity index (χ2v) is 8.33. The molecule has 0 aliphatic heterocycles. The van der Waals surface area contributed by atoms with Crippen LogP contribution in [0.5, 0.6) is 17.2 Å². The van der Waals surface area contributed by atoms with Crippen LogP contribution in [-0.4, -0.2) is 46.0 Å². The Kier molecular flexibility index (Phi) is 8.08. The van der Waals surface area contributed by atoms with Gasteiger partial charge in [-0.2, -0.15) is 4.31 Å². The molecule has 0 atom stereocenters. The fraction of sp³-hybridized carbons (Fsp3) is 0.381. The van der Waals surface area contributed by atoms with Crippen molar-refractivity contribution in [3.8, 4) is 17.2 Å². The maximum Gasteiger partial charge on any atom is 0.243 e. The van der Waals surface area contributed by atoms with Gasteiger partial charge in [-0.1, -0.05) is 13.0 Å². The van der Waals surface area contributed by atoms with E-state index in [-0.39, 0.29) is 23.9 Å². The van der Waals surface area contributed by atoms with Crippen molar-refractivity contribution in [1.82, 2.24) is 4.31 Å². The monoisotopic (exact) mass is 436 g/mol. The molecule has 0 unspecified atom stereocenters. The number of hydrogen-bond acceptors (Lipinski definition) is 6. The molecule has 8 nitrogen and oxygen atoms in total. The molecule has 0 heterocycles. The molecule has 1 amide bonds. The standard InChI is InChI=1S/C21H28N2O6S/c1-6-23(14-16-8-10-20(29-7-2)21(12-16)28-5)30(25,26)17-9-11-19(27-4)18(13-17)22-15(3)24/h8-13H,6-7,14H2,1-5H3,(H,22,24). The molecule has 0 bridgehead atoms. The number of nitrogens with one attached hydrogen (secondary N) is 1. The number of ether oxygens (including phenoxy) is 3. The summed E-state index contributed by atoms with van der Waals surface area (Å²) < 4.78 is 43.9. The van der Waals surface area contributed by atoms with Gasteiger partial charge in [-0.3, -0.25) is 4.79 Å². The number of anilines is 1. The second kappa shape index (κ2) is 10.3. The fourth-order valence-corrected chi connectivity index (χ4v) is 4.40. The van der Waals surface area contributed by atoms with Crippen LogP contribution < -0.4 is 19.5 Å². The van der Waals surface area contributed by atoms with Crippen molar-refractivity contribution in [3.05, 3.63) is 42.0 Å². The van der Waals surface area contributed by atoms with Crippen LogP contribution in [0.2, 0.25) is 0 Å². The van der Waals surface area contributed by atoms with Gasteiger partial charge >= 0.3 is 0 Å². The predicted octanol–water partition coefficient (Wildman–Crippen LogP) is 3.27. The van der Waals surface area contributed by atoms with E-state index in [0.29, 0.717) is 29.5 Å². The van der Waals surface area contributed by atoms with Crippen LogP contribution in [0, 0.1) is 0 Å². The molecule has 0 aromatic heterocycles. The minimum Gasteiger partial charge on any atom is -0.495 e. The summed E-state index contributed by atoms with van der Waals surface area (Å²) in [5.74, 6) is 1.20.